The van der Waals surface area contributed by atoms with Gasteiger partial charge in [0.25, 0.3) is 5.91 Å². The summed E-state index contributed by atoms with van der Waals surface area (Å²) in [5, 5.41) is 3.06. The second kappa shape index (κ2) is 7.26. The minimum Gasteiger partial charge on any atom is -0.448 e. The summed E-state index contributed by atoms with van der Waals surface area (Å²) in [5.74, 6) is -0.0677. The molecule has 140 valence electrons. The molecule has 0 aromatic carbocycles. The molecule has 3 aliphatic rings. The SMILES string of the molecule is O=C(NC1CCC1)c1ccc([C@@H]2CCCN2C(=O)CN2CCOC2=O)s1. The topological polar surface area (TPSA) is 79.0 Å². The normalized spacial score (nSPS) is 23.1. The fraction of sp³-hybridized carbons (Fsp3) is 0.611. The van der Waals surface area contributed by atoms with E-state index in [4.69, 9.17) is 4.74 Å². The molecule has 3 heterocycles. The van der Waals surface area contributed by atoms with Crippen LogP contribution in [-0.2, 0) is 9.53 Å². The number of rotatable bonds is 5. The van der Waals surface area contributed by atoms with Gasteiger partial charge >= 0.3 is 6.09 Å². The zero-order valence-corrected chi connectivity index (χ0v) is 15.4. The monoisotopic (exact) mass is 377 g/mol. The highest BCUT2D eigenvalue weighted by Gasteiger charge is 2.34. The average molecular weight is 377 g/mol. The van der Waals surface area contributed by atoms with Crippen LogP contribution < -0.4 is 5.32 Å². The maximum Gasteiger partial charge on any atom is 0.410 e. The van der Waals surface area contributed by atoms with Crippen molar-refractivity contribution in [2.45, 2.75) is 44.2 Å². The lowest BCUT2D eigenvalue weighted by atomic mass is 9.93. The molecule has 2 saturated heterocycles. The molecule has 1 aromatic rings. The summed E-state index contributed by atoms with van der Waals surface area (Å²) in [7, 11) is 0. The molecular formula is C18H23N3O4S. The molecule has 1 aliphatic carbocycles. The van der Waals surface area contributed by atoms with Crippen molar-refractivity contribution in [3.8, 4) is 0 Å². The van der Waals surface area contributed by atoms with E-state index in [0.717, 1.165) is 30.6 Å². The van der Waals surface area contributed by atoms with Crippen molar-refractivity contribution in [3.63, 3.8) is 0 Å². The number of amides is 3. The third-order valence-electron chi connectivity index (χ3n) is 5.36. The Balaban J connectivity index is 1.40. The van der Waals surface area contributed by atoms with Gasteiger partial charge in [-0.1, -0.05) is 0 Å². The molecule has 7 nitrogen and oxygen atoms in total. The molecule has 2 aliphatic heterocycles. The molecule has 1 saturated carbocycles. The Morgan fingerprint density at radius 1 is 1.19 bits per heavy atom. The predicted octanol–water partition coefficient (Wildman–Crippen LogP) is 2.15. The smallest absolute Gasteiger partial charge is 0.410 e. The second-order valence-electron chi connectivity index (χ2n) is 7.08. The summed E-state index contributed by atoms with van der Waals surface area (Å²) in [6.45, 7) is 1.57. The number of likely N-dealkylation sites (tertiary alicyclic amines) is 1. The van der Waals surface area contributed by atoms with Crippen LogP contribution in [0.5, 0.6) is 0 Å². The molecule has 0 bridgehead atoms. The predicted molar refractivity (Wildman–Crippen MR) is 96.0 cm³/mol. The van der Waals surface area contributed by atoms with Gasteiger partial charge in [-0.25, -0.2) is 4.79 Å². The van der Waals surface area contributed by atoms with Crippen molar-refractivity contribution in [2.75, 3.05) is 26.2 Å². The number of nitrogens with one attached hydrogen (secondary N) is 1. The van der Waals surface area contributed by atoms with Crippen LogP contribution in [0.2, 0.25) is 0 Å². The fourth-order valence-corrected chi connectivity index (χ4v) is 4.71. The van der Waals surface area contributed by atoms with E-state index in [-0.39, 0.29) is 24.4 Å². The van der Waals surface area contributed by atoms with Crippen LogP contribution in [0.4, 0.5) is 4.79 Å². The van der Waals surface area contributed by atoms with E-state index in [1.807, 2.05) is 17.0 Å². The van der Waals surface area contributed by atoms with Gasteiger partial charge in [0, 0.05) is 17.5 Å². The molecule has 1 N–H and O–H groups in total. The van der Waals surface area contributed by atoms with Gasteiger partial charge in [-0.2, -0.15) is 0 Å². The Hall–Kier alpha value is -2.09. The lowest BCUT2D eigenvalue weighted by Gasteiger charge is -2.26. The van der Waals surface area contributed by atoms with Gasteiger partial charge in [0.1, 0.15) is 13.2 Å². The van der Waals surface area contributed by atoms with Crippen molar-refractivity contribution in [2.24, 2.45) is 0 Å². The lowest BCUT2D eigenvalue weighted by Crippen LogP contribution is -2.40. The van der Waals surface area contributed by atoms with E-state index in [1.54, 1.807) is 0 Å². The summed E-state index contributed by atoms with van der Waals surface area (Å²) in [5.41, 5.74) is 0. The highest BCUT2D eigenvalue weighted by Crippen LogP contribution is 2.36. The minimum atomic E-state index is -0.417. The van der Waals surface area contributed by atoms with Crippen LogP contribution in [-0.4, -0.2) is 60.0 Å². The van der Waals surface area contributed by atoms with E-state index < -0.39 is 6.09 Å². The van der Waals surface area contributed by atoms with Crippen LogP contribution in [0.25, 0.3) is 0 Å². The van der Waals surface area contributed by atoms with E-state index in [1.165, 1.54) is 22.7 Å². The summed E-state index contributed by atoms with van der Waals surface area (Å²) < 4.78 is 4.89. The molecule has 0 radical (unpaired) electrons. The van der Waals surface area contributed by atoms with Gasteiger partial charge in [-0.05, 0) is 44.2 Å². The first-order valence-electron chi connectivity index (χ1n) is 9.23. The summed E-state index contributed by atoms with van der Waals surface area (Å²) >= 11 is 1.47. The van der Waals surface area contributed by atoms with Crippen LogP contribution in [0.1, 0.15) is 52.7 Å². The molecule has 0 unspecified atom stereocenters. The van der Waals surface area contributed by atoms with Crippen LogP contribution in [0.15, 0.2) is 12.1 Å². The van der Waals surface area contributed by atoms with Crippen molar-refractivity contribution >= 4 is 29.2 Å². The van der Waals surface area contributed by atoms with Crippen molar-refractivity contribution < 1.29 is 19.1 Å². The number of carbonyl (C=O) groups excluding carboxylic acids is 3. The van der Waals surface area contributed by atoms with E-state index in [2.05, 4.69) is 5.32 Å². The Labute approximate surface area is 156 Å². The maximum atomic E-state index is 12.7. The van der Waals surface area contributed by atoms with Crippen LogP contribution in [0, 0.1) is 0 Å². The number of cyclic esters (lactones) is 1. The number of thiophene rings is 1. The Kier molecular flexibility index (Phi) is 4.84. The Morgan fingerprint density at radius 3 is 2.73 bits per heavy atom. The summed E-state index contributed by atoms with van der Waals surface area (Å²) in [6, 6.07) is 4.13. The van der Waals surface area contributed by atoms with E-state index in [9.17, 15) is 14.4 Å². The van der Waals surface area contributed by atoms with Gasteiger partial charge < -0.3 is 15.0 Å². The first-order chi connectivity index (χ1) is 12.6. The zero-order valence-electron chi connectivity index (χ0n) is 14.6. The molecule has 8 heteroatoms. The van der Waals surface area contributed by atoms with Crippen molar-refractivity contribution in [3.05, 3.63) is 21.9 Å². The average Bonchev–Trinajstić information content (AvgIpc) is 3.31. The second-order valence-corrected chi connectivity index (χ2v) is 8.20. The van der Waals surface area contributed by atoms with Gasteiger partial charge in [0.15, 0.2) is 0 Å². The van der Waals surface area contributed by atoms with Gasteiger partial charge in [-0.3, -0.25) is 14.5 Å². The quantitative estimate of drug-likeness (QED) is 0.853. The highest BCUT2D eigenvalue weighted by molar-refractivity contribution is 7.14. The molecule has 3 fully saturated rings. The summed E-state index contributed by atoms with van der Waals surface area (Å²) in [4.78, 5) is 41.6. The number of ether oxygens (including phenoxy) is 1. The zero-order chi connectivity index (χ0) is 18.1. The lowest BCUT2D eigenvalue weighted by molar-refractivity contribution is -0.132. The van der Waals surface area contributed by atoms with E-state index in [0.29, 0.717) is 30.6 Å². The largest absolute Gasteiger partial charge is 0.448 e. The first kappa shape index (κ1) is 17.3. The maximum absolute atomic E-state index is 12.7. The third kappa shape index (κ3) is 3.42. The van der Waals surface area contributed by atoms with Gasteiger partial charge in [0.05, 0.1) is 17.5 Å². The van der Waals surface area contributed by atoms with Crippen LogP contribution in [0.3, 0.4) is 0 Å². The third-order valence-corrected chi connectivity index (χ3v) is 6.55. The number of hydrogen-bond acceptors (Lipinski definition) is 5. The van der Waals surface area contributed by atoms with Gasteiger partial charge in [0.2, 0.25) is 5.91 Å². The number of nitrogens with zero attached hydrogens (tertiary/aromatic N) is 2. The van der Waals surface area contributed by atoms with E-state index >= 15 is 0 Å². The molecule has 26 heavy (non-hydrogen) atoms. The highest BCUT2D eigenvalue weighted by atomic mass is 32.1. The molecular weight excluding hydrogens is 354 g/mol. The van der Waals surface area contributed by atoms with Crippen molar-refractivity contribution in [1.29, 1.82) is 0 Å². The standard InChI is InChI=1S/C18H23N3O4S/c22-16(11-20-9-10-25-18(20)24)21-8-2-5-13(21)14-6-7-15(26-14)17(23)19-12-3-1-4-12/h6-7,12-13H,1-5,8-11H2,(H,19,23)/t13-/m0/s1. The molecule has 1 atom stereocenters. The molecule has 1 aromatic heterocycles. The number of hydrogen-bond donors (Lipinski definition) is 1. The molecule has 0 spiro atoms. The molecule has 3 amide bonds. The Bertz CT molecular complexity index is 715. The first-order valence-corrected chi connectivity index (χ1v) is 10.1. The summed E-state index contributed by atoms with van der Waals surface area (Å²) in [6.07, 6.45) is 4.72. The Morgan fingerprint density at radius 2 is 2.04 bits per heavy atom. The van der Waals surface area contributed by atoms with Crippen LogP contribution >= 0.6 is 11.3 Å². The van der Waals surface area contributed by atoms with Crippen molar-refractivity contribution in [1.82, 2.24) is 15.1 Å². The number of carbonyl (C=O) groups is 3. The molecule has 4 rings (SSSR count). The minimum absolute atomic E-state index is 0.00336. The fourth-order valence-electron chi connectivity index (χ4n) is 3.65. The van der Waals surface area contributed by atoms with Gasteiger partial charge in [-0.15, -0.1) is 11.3 Å².